The molecule has 23 heavy (non-hydrogen) atoms. The number of hydrogen-bond donors (Lipinski definition) is 2. The molecule has 11 heteroatoms. The lowest BCUT2D eigenvalue weighted by atomic mass is 9.82. The number of aromatic nitrogens is 2. The van der Waals surface area contributed by atoms with Gasteiger partial charge in [0.2, 0.25) is 0 Å². The van der Waals surface area contributed by atoms with E-state index in [1.165, 1.54) is 6.20 Å². The first-order valence-corrected chi connectivity index (χ1v) is 7.50. The third kappa shape index (κ3) is 3.16. The molecule has 1 aliphatic heterocycles. The molecule has 1 saturated heterocycles. The van der Waals surface area contributed by atoms with Gasteiger partial charge >= 0.3 is 11.7 Å². The number of nitrogens with one attached hydrogen (secondary N) is 1. The average molecular weight is 388 g/mol. The van der Waals surface area contributed by atoms with Gasteiger partial charge in [0.1, 0.15) is 6.23 Å². The summed E-state index contributed by atoms with van der Waals surface area (Å²) in [7, 11) is 0. The minimum atomic E-state index is -1.39. The highest BCUT2D eigenvalue weighted by molar-refractivity contribution is 9.10. The molecule has 0 aliphatic carbocycles. The van der Waals surface area contributed by atoms with Crippen molar-refractivity contribution in [3.63, 3.8) is 0 Å². The molecule has 1 fully saturated rings. The number of ether oxygens (including phenoxy) is 1. The van der Waals surface area contributed by atoms with E-state index in [1.54, 1.807) is 13.8 Å². The molecule has 2 N–H and O–H groups in total. The standard InChI is InChI=1S/C12H14BrN5O5/c1-4-5(2)10(18-3-6(13)9(19)15-12(18)22)23-8(11(20)21)7(4)16-17-14/h3-5,7-8,10H,1-2H3,(H,20,21)(H,15,19,22)/t4-,5-,7+,8+,10-/m1/s1. The fourth-order valence-corrected chi connectivity index (χ4v) is 2.92. The van der Waals surface area contributed by atoms with Gasteiger partial charge in [0.15, 0.2) is 6.10 Å². The number of azide groups is 1. The number of carboxylic acids is 1. The Bertz CT molecular complexity index is 783. The Kier molecular flexibility index (Phi) is 4.93. The SMILES string of the molecule is C[C@@H]1[C@@H](C)[C@H](n2cc(Br)c(=O)[nH]c2=O)O[C@H](C(=O)O)[C@H]1N=[N+]=[N-]. The van der Waals surface area contributed by atoms with Crippen molar-refractivity contribution in [2.45, 2.75) is 32.2 Å². The highest BCUT2D eigenvalue weighted by atomic mass is 79.9. The number of carboxylic acid groups (broad SMARTS) is 1. The molecule has 0 spiro atoms. The van der Waals surface area contributed by atoms with E-state index >= 15 is 0 Å². The van der Waals surface area contributed by atoms with Crippen molar-refractivity contribution < 1.29 is 14.6 Å². The van der Waals surface area contributed by atoms with Crippen LogP contribution in [0.5, 0.6) is 0 Å². The molecule has 124 valence electrons. The van der Waals surface area contributed by atoms with Crippen LogP contribution in [0.4, 0.5) is 0 Å². The van der Waals surface area contributed by atoms with E-state index in [2.05, 4.69) is 30.9 Å². The Balaban J connectivity index is 2.50. The summed E-state index contributed by atoms with van der Waals surface area (Å²) in [6, 6.07) is -0.898. The lowest BCUT2D eigenvalue weighted by molar-refractivity contribution is -0.184. The van der Waals surface area contributed by atoms with Gasteiger partial charge in [0.25, 0.3) is 5.56 Å². The summed E-state index contributed by atoms with van der Waals surface area (Å²) in [5, 5.41) is 12.8. The smallest absolute Gasteiger partial charge is 0.333 e. The maximum atomic E-state index is 12.0. The maximum absolute atomic E-state index is 12.0. The average Bonchev–Trinajstić information content (AvgIpc) is 2.48. The predicted molar refractivity (Wildman–Crippen MR) is 81.8 cm³/mol. The van der Waals surface area contributed by atoms with Crippen LogP contribution in [0.3, 0.4) is 0 Å². The fourth-order valence-electron chi connectivity index (χ4n) is 2.60. The summed E-state index contributed by atoms with van der Waals surface area (Å²) in [4.78, 5) is 39.6. The van der Waals surface area contributed by atoms with Crippen LogP contribution in [-0.2, 0) is 9.53 Å². The first-order chi connectivity index (χ1) is 10.8. The van der Waals surface area contributed by atoms with Crippen molar-refractivity contribution in [1.82, 2.24) is 9.55 Å². The molecule has 0 unspecified atom stereocenters. The first kappa shape index (κ1) is 17.3. The van der Waals surface area contributed by atoms with Crippen molar-refractivity contribution in [3.05, 3.63) is 42.0 Å². The van der Waals surface area contributed by atoms with Gasteiger partial charge in [-0.2, -0.15) is 0 Å². The minimum absolute atomic E-state index is 0.115. The van der Waals surface area contributed by atoms with Crippen molar-refractivity contribution >= 4 is 21.9 Å². The Morgan fingerprint density at radius 1 is 1.48 bits per heavy atom. The molecule has 0 bridgehead atoms. The summed E-state index contributed by atoms with van der Waals surface area (Å²) in [5.74, 6) is -1.98. The molecule has 2 heterocycles. The minimum Gasteiger partial charge on any atom is -0.479 e. The highest BCUT2D eigenvalue weighted by Gasteiger charge is 2.45. The van der Waals surface area contributed by atoms with Crippen LogP contribution in [-0.4, -0.2) is 32.8 Å². The normalized spacial score (nSPS) is 30.5. The van der Waals surface area contributed by atoms with Crippen LogP contribution >= 0.6 is 15.9 Å². The molecule has 5 atom stereocenters. The lowest BCUT2D eigenvalue weighted by Crippen LogP contribution is -2.51. The molecule has 0 amide bonds. The van der Waals surface area contributed by atoms with Gasteiger partial charge < -0.3 is 9.84 Å². The number of rotatable bonds is 3. The Morgan fingerprint density at radius 3 is 2.70 bits per heavy atom. The van der Waals surface area contributed by atoms with Crippen LogP contribution in [0.25, 0.3) is 10.4 Å². The van der Waals surface area contributed by atoms with Gasteiger partial charge in [-0.15, -0.1) is 0 Å². The molecular weight excluding hydrogens is 374 g/mol. The van der Waals surface area contributed by atoms with Crippen molar-refractivity contribution in [2.75, 3.05) is 0 Å². The maximum Gasteiger partial charge on any atom is 0.333 e. The second kappa shape index (κ2) is 6.57. The van der Waals surface area contributed by atoms with Crippen LogP contribution in [0, 0.1) is 11.8 Å². The van der Waals surface area contributed by atoms with E-state index in [0.29, 0.717) is 0 Å². The van der Waals surface area contributed by atoms with Crippen LogP contribution in [0.1, 0.15) is 20.1 Å². The number of carbonyl (C=O) groups is 1. The Morgan fingerprint density at radius 2 is 2.13 bits per heavy atom. The topological polar surface area (TPSA) is 150 Å². The number of halogens is 1. The van der Waals surface area contributed by atoms with Gasteiger partial charge in [0.05, 0.1) is 10.5 Å². The summed E-state index contributed by atoms with van der Waals surface area (Å²) in [5.41, 5.74) is 7.32. The number of aromatic amines is 1. The van der Waals surface area contributed by atoms with Gasteiger partial charge in [-0.25, -0.2) is 9.59 Å². The third-order valence-corrected chi connectivity index (χ3v) is 4.61. The molecule has 0 radical (unpaired) electrons. The van der Waals surface area contributed by atoms with E-state index in [4.69, 9.17) is 10.3 Å². The molecule has 10 nitrogen and oxygen atoms in total. The van der Waals surface area contributed by atoms with Crippen LogP contribution in [0.2, 0.25) is 0 Å². The predicted octanol–water partition coefficient (Wildman–Crippen LogP) is 1.23. The zero-order valence-corrected chi connectivity index (χ0v) is 13.8. The summed E-state index contributed by atoms with van der Waals surface area (Å²) in [6.07, 6.45) is -1.06. The molecule has 1 aromatic rings. The number of nitrogens with zero attached hydrogens (tertiary/aromatic N) is 4. The zero-order valence-electron chi connectivity index (χ0n) is 12.2. The fraction of sp³-hybridized carbons (Fsp3) is 0.583. The largest absolute Gasteiger partial charge is 0.479 e. The van der Waals surface area contributed by atoms with E-state index in [0.717, 1.165) is 4.57 Å². The van der Waals surface area contributed by atoms with E-state index < -0.39 is 35.6 Å². The number of H-pyrrole nitrogens is 1. The second-order valence-corrected chi connectivity index (χ2v) is 6.20. The van der Waals surface area contributed by atoms with Crippen molar-refractivity contribution in [2.24, 2.45) is 17.0 Å². The molecular formula is C12H14BrN5O5. The summed E-state index contributed by atoms with van der Waals surface area (Å²) in [6.45, 7) is 3.47. The van der Waals surface area contributed by atoms with Crippen LogP contribution in [0.15, 0.2) is 25.4 Å². The summed E-state index contributed by atoms with van der Waals surface area (Å²) < 4.78 is 6.75. The Labute approximate surface area is 137 Å². The summed E-state index contributed by atoms with van der Waals surface area (Å²) >= 11 is 3.02. The van der Waals surface area contributed by atoms with Crippen molar-refractivity contribution in [1.29, 1.82) is 0 Å². The first-order valence-electron chi connectivity index (χ1n) is 6.71. The van der Waals surface area contributed by atoms with E-state index in [9.17, 15) is 19.5 Å². The van der Waals surface area contributed by atoms with Gasteiger partial charge in [-0.05, 0) is 27.4 Å². The Hall–Kier alpha value is -2.10. The monoisotopic (exact) mass is 387 g/mol. The second-order valence-electron chi connectivity index (χ2n) is 5.34. The van der Waals surface area contributed by atoms with Gasteiger partial charge in [-0.3, -0.25) is 14.3 Å². The number of aliphatic carboxylic acids is 1. The zero-order chi connectivity index (χ0) is 17.3. The quantitative estimate of drug-likeness (QED) is 0.454. The number of hydrogen-bond acceptors (Lipinski definition) is 5. The molecule has 0 saturated carbocycles. The molecule has 2 rings (SSSR count). The molecule has 1 aliphatic rings. The van der Waals surface area contributed by atoms with E-state index in [-0.39, 0.29) is 16.3 Å². The third-order valence-electron chi connectivity index (χ3n) is 4.04. The highest BCUT2D eigenvalue weighted by Crippen LogP contribution is 2.38. The molecule has 1 aromatic heterocycles. The van der Waals surface area contributed by atoms with Gasteiger partial charge in [0, 0.05) is 17.0 Å². The van der Waals surface area contributed by atoms with Crippen molar-refractivity contribution in [3.8, 4) is 0 Å². The molecule has 0 aromatic carbocycles. The lowest BCUT2D eigenvalue weighted by Gasteiger charge is -2.41. The van der Waals surface area contributed by atoms with Gasteiger partial charge in [-0.1, -0.05) is 19.0 Å². The van der Waals surface area contributed by atoms with E-state index in [1.807, 2.05) is 0 Å². The van der Waals surface area contributed by atoms with Crippen LogP contribution < -0.4 is 11.2 Å².